The highest BCUT2D eigenvalue weighted by Gasteiger charge is 2.00. The largest absolute Gasteiger partial charge is 0.262 e. The van der Waals surface area contributed by atoms with Crippen molar-refractivity contribution in [2.45, 2.75) is 0 Å². The van der Waals surface area contributed by atoms with E-state index in [-0.39, 0.29) is 0 Å². The zero-order valence-corrected chi connectivity index (χ0v) is 9.13. The monoisotopic (exact) mass is 286 g/mol. The summed E-state index contributed by atoms with van der Waals surface area (Å²) in [5.41, 5.74) is 0.923. The van der Waals surface area contributed by atoms with Gasteiger partial charge in [0.15, 0.2) is 0 Å². The molecule has 0 saturated heterocycles. The minimum Gasteiger partial charge on any atom is -0.262 e. The summed E-state index contributed by atoms with van der Waals surface area (Å²) in [6.07, 6.45) is 6.50. The number of aromatic nitrogens is 1. The molecule has 0 unspecified atom stereocenters. The quantitative estimate of drug-likeness (QED) is 0.744. The second-order valence-corrected chi connectivity index (χ2v) is 3.69. The third-order valence-electron chi connectivity index (χ3n) is 1.21. The Balaban J connectivity index is 3.15. The number of halogens is 2. The van der Waals surface area contributed by atoms with Gasteiger partial charge in [-0.3, -0.25) is 4.98 Å². The maximum atomic E-state index is 8.33. The maximum absolute atomic E-state index is 8.33. The smallest absolute Gasteiger partial charge is 0.0912 e. The molecular formula is C8H4Br2N2. The van der Waals surface area contributed by atoms with Crippen molar-refractivity contribution in [2.24, 2.45) is 0 Å². The van der Waals surface area contributed by atoms with Gasteiger partial charge >= 0.3 is 0 Å². The second kappa shape index (κ2) is 4.39. The van der Waals surface area contributed by atoms with Gasteiger partial charge in [-0.25, -0.2) is 0 Å². The maximum Gasteiger partial charge on any atom is 0.0912 e. The molecule has 1 aromatic rings. The third-order valence-corrected chi connectivity index (χ3v) is 2.48. The minimum absolute atomic E-state index is 0.864. The molecule has 0 N–H and O–H groups in total. The highest BCUT2D eigenvalue weighted by atomic mass is 79.9. The molecule has 0 radical (unpaired) electrons. The molecule has 0 amide bonds. The molecule has 60 valence electrons. The van der Waals surface area contributed by atoms with Gasteiger partial charge in [-0.1, -0.05) is 0 Å². The topological polar surface area (TPSA) is 36.7 Å². The molecule has 0 bridgehead atoms. The van der Waals surface area contributed by atoms with Crippen molar-refractivity contribution in [2.75, 3.05) is 0 Å². The van der Waals surface area contributed by atoms with Gasteiger partial charge in [0.25, 0.3) is 0 Å². The summed E-state index contributed by atoms with van der Waals surface area (Å²) in [7, 11) is 0. The second-order valence-electron chi connectivity index (χ2n) is 1.98. The van der Waals surface area contributed by atoms with Crippen LogP contribution < -0.4 is 0 Å². The first-order valence-corrected chi connectivity index (χ1v) is 4.69. The van der Waals surface area contributed by atoms with E-state index in [1.165, 1.54) is 6.08 Å². The fraction of sp³-hybridized carbons (Fsp3) is 0. The van der Waals surface area contributed by atoms with E-state index in [2.05, 4.69) is 36.8 Å². The summed E-state index contributed by atoms with van der Waals surface area (Å²) in [4.78, 5) is 3.94. The van der Waals surface area contributed by atoms with Crippen LogP contribution >= 0.6 is 31.9 Å². The first kappa shape index (κ1) is 9.43. The summed E-state index contributed by atoms with van der Waals surface area (Å²) in [5, 5.41) is 8.33. The SMILES string of the molecule is N#CC=Cc1c(Br)cncc1Br. The Labute approximate surface area is 87.2 Å². The molecule has 1 heterocycles. The van der Waals surface area contributed by atoms with E-state index in [9.17, 15) is 0 Å². The normalized spacial score (nSPS) is 10.1. The van der Waals surface area contributed by atoms with Crippen LogP contribution in [0.2, 0.25) is 0 Å². The Hall–Kier alpha value is -0.660. The molecule has 0 aliphatic rings. The van der Waals surface area contributed by atoms with Crippen molar-refractivity contribution in [1.29, 1.82) is 5.26 Å². The van der Waals surface area contributed by atoms with Gasteiger partial charge in [-0.2, -0.15) is 5.26 Å². The zero-order valence-electron chi connectivity index (χ0n) is 5.96. The lowest BCUT2D eigenvalue weighted by Crippen LogP contribution is -1.80. The van der Waals surface area contributed by atoms with E-state index in [1.807, 2.05) is 6.07 Å². The van der Waals surface area contributed by atoms with Gasteiger partial charge in [-0.15, -0.1) is 0 Å². The molecule has 0 fully saturated rings. The Morgan fingerprint density at radius 1 is 1.33 bits per heavy atom. The summed E-state index contributed by atoms with van der Waals surface area (Å²) in [5.74, 6) is 0. The Morgan fingerprint density at radius 3 is 2.42 bits per heavy atom. The number of pyridine rings is 1. The van der Waals surface area contributed by atoms with Crippen LogP contribution in [-0.2, 0) is 0 Å². The van der Waals surface area contributed by atoms with Gasteiger partial charge in [0.1, 0.15) is 0 Å². The first-order chi connectivity index (χ1) is 5.75. The zero-order chi connectivity index (χ0) is 8.97. The van der Waals surface area contributed by atoms with Crippen molar-refractivity contribution >= 4 is 37.9 Å². The van der Waals surface area contributed by atoms with Crippen molar-refractivity contribution in [3.8, 4) is 6.07 Å². The van der Waals surface area contributed by atoms with Crippen LogP contribution in [0.1, 0.15) is 5.56 Å². The van der Waals surface area contributed by atoms with E-state index in [4.69, 9.17) is 5.26 Å². The number of nitriles is 1. The Morgan fingerprint density at radius 2 is 1.92 bits per heavy atom. The van der Waals surface area contributed by atoms with E-state index in [0.717, 1.165) is 14.5 Å². The van der Waals surface area contributed by atoms with Crippen molar-refractivity contribution in [3.05, 3.63) is 33.0 Å². The number of allylic oxidation sites excluding steroid dienone is 1. The Bertz CT molecular complexity index is 332. The van der Waals surface area contributed by atoms with E-state index < -0.39 is 0 Å². The number of hydrogen-bond acceptors (Lipinski definition) is 2. The van der Waals surface area contributed by atoms with E-state index in [0.29, 0.717) is 0 Å². The lowest BCUT2D eigenvalue weighted by atomic mass is 10.2. The molecule has 0 aromatic carbocycles. The van der Waals surface area contributed by atoms with Gasteiger partial charge in [0, 0.05) is 33.0 Å². The van der Waals surface area contributed by atoms with Crippen LogP contribution in [0, 0.1) is 11.3 Å². The van der Waals surface area contributed by atoms with Crippen molar-refractivity contribution < 1.29 is 0 Å². The average molecular weight is 288 g/mol. The fourth-order valence-electron chi connectivity index (χ4n) is 0.701. The third kappa shape index (κ3) is 2.16. The molecule has 1 aromatic heterocycles. The number of nitrogens with zero attached hydrogens (tertiary/aromatic N) is 2. The van der Waals surface area contributed by atoms with Crippen LogP contribution in [0.15, 0.2) is 27.4 Å². The molecule has 0 spiro atoms. The molecule has 0 saturated carbocycles. The molecule has 12 heavy (non-hydrogen) atoms. The van der Waals surface area contributed by atoms with Gasteiger partial charge in [-0.05, 0) is 37.9 Å². The molecule has 1 rings (SSSR count). The summed E-state index contributed by atoms with van der Waals surface area (Å²) < 4.78 is 1.73. The lowest BCUT2D eigenvalue weighted by Gasteiger charge is -1.98. The summed E-state index contributed by atoms with van der Waals surface area (Å²) >= 11 is 6.65. The first-order valence-electron chi connectivity index (χ1n) is 3.11. The molecule has 2 nitrogen and oxygen atoms in total. The highest BCUT2D eigenvalue weighted by Crippen LogP contribution is 2.24. The van der Waals surface area contributed by atoms with Crippen molar-refractivity contribution in [3.63, 3.8) is 0 Å². The van der Waals surface area contributed by atoms with Crippen LogP contribution in [0.3, 0.4) is 0 Å². The van der Waals surface area contributed by atoms with Gasteiger partial charge in [0.05, 0.1) is 6.07 Å². The standard InChI is InChI=1S/C8H4Br2N2/c9-7-4-12-5-8(10)6(7)2-1-3-11/h1-2,4-5H. The van der Waals surface area contributed by atoms with Crippen LogP contribution in [0.4, 0.5) is 0 Å². The van der Waals surface area contributed by atoms with Crippen LogP contribution in [-0.4, -0.2) is 4.98 Å². The number of hydrogen-bond donors (Lipinski definition) is 0. The van der Waals surface area contributed by atoms with Gasteiger partial charge < -0.3 is 0 Å². The number of rotatable bonds is 1. The molecule has 0 aliphatic carbocycles. The Kier molecular flexibility index (Phi) is 3.45. The predicted octanol–water partition coefficient (Wildman–Crippen LogP) is 3.14. The van der Waals surface area contributed by atoms with Gasteiger partial charge in [0.2, 0.25) is 0 Å². The fourth-order valence-corrected chi connectivity index (χ4v) is 1.90. The molecule has 4 heteroatoms. The molecule has 0 aliphatic heterocycles. The molecule has 0 atom stereocenters. The van der Waals surface area contributed by atoms with Crippen LogP contribution in [0.25, 0.3) is 6.08 Å². The molecular weight excluding hydrogens is 284 g/mol. The highest BCUT2D eigenvalue weighted by molar-refractivity contribution is 9.11. The minimum atomic E-state index is 0.864. The predicted molar refractivity (Wildman–Crippen MR) is 54.3 cm³/mol. The van der Waals surface area contributed by atoms with E-state index in [1.54, 1.807) is 18.5 Å². The summed E-state index contributed by atoms with van der Waals surface area (Å²) in [6, 6.07) is 1.93. The van der Waals surface area contributed by atoms with E-state index >= 15 is 0 Å². The lowest BCUT2D eigenvalue weighted by molar-refractivity contribution is 1.28. The average Bonchev–Trinajstić information content (AvgIpc) is 2.04. The van der Waals surface area contributed by atoms with Crippen LogP contribution in [0.5, 0.6) is 0 Å². The van der Waals surface area contributed by atoms with Crippen molar-refractivity contribution in [1.82, 2.24) is 4.98 Å². The summed E-state index contributed by atoms with van der Waals surface area (Å²) in [6.45, 7) is 0.